The van der Waals surface area contributed by atoms with E-state index in [0.717, 1.165) is 10.9 Å². The van der Waals surface area contributed by atoms with Gasteiger partial charge >= 0.3 is 0 Å². The molecule has 3 aromatic rings. The molecule has 1 aliphatic rings. The van der Waals surface area contributed by atoms with Gasteiger partial charge in [-0.1, -0.05) is 52.0 Å². The second kappa shape index (κ2) is 5.37. The molecule has 0 saturated heterocycles. The number of anilines is 2. The Morgan fingerprint density at radius 2 is 1.69 bits per heavy atom. The number of para-hydroxylation sites is 1. The van der Waals surface area contributed by atoms with Crippen LogP contribution in [-0.2, 0) is 10.2 Å². The Balaban J connectivity index is 2.01. The summed E-state index contributed by atoms with van der Waals surface area (Å²) in [5.74, 6) is -0.343. The molecular formula is C22H21FN2O. The van der Waals surface area contributed by atoms with Gasteiger partial charge in [0.05, 0.1) is 28.5 Å². The second-order valence-electron chi connectivity index (χ2n) is 7.91. The highest BCUT2D eigenvalue weighted by molar-refractivity contribution is 6.08. The van der Waals surface area contributed by atoms with Crippen LogP contribution >= 0.6 is 0 Å². The fourth-order valence-electron chi connectivity index (χ4n) is 3.72. The number of amides is 1. The van der Waals surface area contributed by atoms with Crippen LogP contribution in [0.1, 0.15) is 33.3 Å². The predicted octanol–water partition coefficient (Wildman–Crippen LogP) is 5.36. The highest BCUT2D eigenvalue weighted by Crippen LogP contribution is 2.53. The Hall–Kier alpha value is -2.75. The normalized spacial score (nSPS) is 18.0. The minimum absolute atomic E-state index is 0.0577. The van der Waals surface area contributed by atoms with Gasteiger partial charge in [-0.15, -0.1) is 0 Å². The molecule has 0 fully saturated rings. The summed E-state index contributed by atoms with van der Waals surface area (Å²) in [6, 6.07) is 14.6. The Labute approximate surface area is 152 Å². The first-order chi connectivity index (χ1) is 12.2. The molecule has 2 aromatic carbocycles. The molecule has 0 aliphatic carbocycles. The van der Waals surface area contributed by atoms with Crippen molar-refractivity contribution in [3.63, 3.8) is 0 Å². The van der Waals surface area contributed by atoms with E-state index in [2.05, 4.69) is 4.98 Å². The second-order valence-corrected chi connectivity index (χ2v) is 7.91. The van der Waals surface area contributed by atoms with Gasteiger partial charge in [0.25, 0.3) is 0 Å². The van der Waals surface area contributed by atoms with Crippen molar-refractivity contribution in [3.8, 4) is 0 Å². The topological polar surface area (TPSA) is 33.2 Å². The summed E-state index contributed by atoms with van der Waals surface area (Å²) >= 11 is 0. The van der Waals surface area contributed by atoms with Gasteiger partial charge in [-0.3, -0.25) is 14.7 Å². The van der Waals surface area contributed by atoms with Gasteiger partial charge in [-0.25, -0.2) is 4.39 Å². The maximum atomic E-state index is 14.8. The largest absolute Gasteiger partial charge is 0.279 e. The van der Waals surface area contributed by atoms with Crippen molar-refractivity contribution in [1.82, 2.24) is 4.98 Å². The lowest BCUT2D eigenvalue weighted by Crippen LogP contribution is -2.54. The molecule has 26 heavy (non-hydrogen) atoms. The summed E-state index contributed by atoms with van der Waals surface area (Å²) in [5.41, 5.74) is 1.28. The fraction of sp³-hybridized carbons (Fsp3) is 0.273. The molecule has 4 rings (SSSR count). The van der Waals surface area contributed by atoms with Gasteiger partial charge in [0.1, 0.15) is 5.82 Å². The van der Waals surface area contributed by atoms with Gasteiger partial charge in [0, 0.05) is 16.4 Å². The number of fused-ring (bicyclic) bond motifs is 2. The Kier molecular flexibility index (Phi) is 3.45. The van der Waals surface area contributed by atoms with Gasteiger partial charge in [-0.05, 0) is 24.3 Å². The van der Waals surface area contributed by atoms with Gasteiger partial charge in [-0.2, -0.15) is 0 Å². The highest BCUT2D eigenvalue weighted by atomic mass is 19.1. The number of halogens is 1. The fourth-order valence-corrected chi connectivity index (χ4v) is 3.72. The molecule has 1 aliphatic heterocycles. The van der Waals surface area contributed by atoms with Crippen LogP contribution in [0.4, 0.5) is 15.8 Å². The summed E-state index contributed by atoms with van der Waals surface area (Å²) in [7, 11) is 0. The minimum atomic E-state index is -0.770. The smallest absolute Gasteiger partial charge is 0.238 e. The molecule has 0 bridgehead atoms. The molecule has 3 nitrogen and oxygen atoms in total. The number of aromatic nitrogens is 1. The molecule has 0 saturated carbocycles. The van der Waals surface area contributed by atoms with E-state index in [1.807, 2.05) is 64.1 Å². The van der Waals surface area contributed by atoms with Crippen LogP contribution in [-0.4, -0.2) is 10.9 Å². The van der Waals surface area contributed by atoms with Crippen LogP contribution in [0, 0.1) is 11.2 Å². The summed E-state index contributed by atoms with van der Waals surface area (Å²) in [5, 5.41) is 0.943. The lowest BCUT2D eigenvalue weighted by molar-refractivity contribution is -0.129. The van der Waals surface area contributed by atoms with Crippen LogP contribution in [0.5, 0.6) is 0 Å². The molecule has 2 heterocycles. The third-order valence-electron chi connectivity index (χ3n) is 5.99. The standard InChI is InChI=1S/C22H21FN2O/c1-21(2)19-16(23)9-7-11-18(19)25(20(26)22(21,3)4)15-12-14-8-5-6-10-17(14)24-13-15/h5-13H,1-4H3. The lowest BCUT2D eigenvalue weighted by atomic mass is 9.60. The monoisotopic (exact) mass is 348 g/mol. The number of carbonyl (C=O) groups is 1. The molecule has 1 amide bonds. The van der Waals surface area contributed by atoms with Crippen molar-refractivity contribution in [3.05, 3.63) is 66.1 Å². The summed E-state index contributed by atoms with van der Waals surface area (Å²) in [6.45, 7) is 7.63. The van der Waals surface area contributed by atoms with E-state index in [4.69, 9.17) is 0 Å². The van der Waals surface area contributed by atoms with Crippen molar-refractivity contribution < 1.29 is 9.18 Å². The van der Waals surface area contributed by atoms with E-state index in [1.54, 1.807) is 17.2 Å². The van der Waals surface area contributed by atoms with E-state index in [0.29, 0.717) is 16.9 Å². The van der Waals surface area contributed by atoms with E-state index in [1.165, 1.54) is 6.07 Å². The third-order valence-corrected chi connectivity index (χ3v) is 5.99. The van der Waals surface area contributed by atoms with Gasteiger partial charge in [0.2, 0.25) is 5.91 Å². The SMILES string of the molecule is CC1(C)C(=O)N(c2cnc3ccccc3c2)c2cccc(F)c2C1(C)C. The van der Waals surface area contributed by atoms with Crippen LogP contribution in [0.2, 0.25) is 0 Å². The van der Waals surface area contributed by atoms with E-state index in [-0.39, 0.29) is 11.7 Å². The molecule has 0 spiro atoms. The van der Waals surface area contributed by atoms with Gasteiger partial charge in [0.15, 0.2) is 0 Å². The number of hydrogen-bond donors (Lipinski definition) is 0. The number of benzene rings is 2. The van der Waals surface area contributed by atoms with Crippen molar-refractivity contribution in [2.24, 2.45) is 5.41 Å². The summed E-state index contributed by atoms with van der Waals surface area (Å²) < 4.78 is 14.8. The zero-order valence-corrected chi connectivity index (χ0v) is 15.4. The molecular weight excluding hydrogens is 327 g/mol. The molecule has 132 valence electrons. The molecule has 0 radical (unpaired) electrons. The Morgan fingerprint density at radius 3 is 2.46 bits per heavy atom. The summed E-state index contributed by atoms with van der Waals surface area (Å²) in [6.07, 6.45) is 1.68. The number of rotatable bonds is 1. The van der Waals surface area contributed by atoms with Crippen LogP contribution in [0.15, 0.2) is 54.7 Å². The zero-order chi connectivity index (χ0) is 18.7. The van der Waals surface area contributed by atoms with Crippen molar-refractivity contribution in [2.45, 2.75) is 33.1 Å². The van der Waals surface area contributed by atoms with Crippen LogP contribution in [0.25, 0.3) is 10.9 Å². The average Bonchev–Trinajstić information content (AvgIpc) is 2.60. The lowest BCUT2D eigenvalue weighted by Gasteiger charge is -2.49. The molecule has 0 unspecified atom stereocenters. The number of nitrogens with zero attached hydrogens (tertiary/aromatic N) is 2. The molecule has 0 atom stereocenters. The van der Waals surface area contributed by atoms with Crippen molar-refractivity contribution in [2.75, 3.05) is 4.90 Å². The molecule has 0 N–H and O–H groups in total. The Morgan fingerprint density at radius 1 is 0.962 bits per heavy atom. The van der Waals surface area contributed by atoms with E-state index >= 15 is 0 Å². The molecule has 1 aromatic heterocycles. The van der Waals surface area contributed by atoms with Crippen LogP contribution < -0.4 is 4.90 Å². The first kappa shape index (κ1) is 16.7. The van der Waals surface area contributed by atoms with Crippen LogP contribution in [0.3, 0.4) is 0 Å². The number of hydrogen-bond acceptors (Lipinski definition) is 2. The molecule has 4 heteroatoms. The highest BCUT2D eigenvalue weighted by Gasteiger charge is 2.53. The number of carbonyl (C=O) groups excluding carboxylic acids is 1. The first-order valence-corrected chi connectivity index (χ1v) is 8.73. The van der Waals surface area contributed by atoms with E-state index < -0.39 is 10.8 Å². The Bertz CT molecular complexity index is 1040. The maximum Gasteiger partial charge on any atom is 0.238 e. The van der Waals surface area contributed by atoms with Crippen molar-refractivity contribution >= 4 is 28.2 Å². The minimum Gasteiger partial charge on any atom is -0.279 e. The number of pyridine rings is 1. The quantitative estimate of drug-likeness (QED) is 0.593. The van der Waals surface area contributed by atoms with Gasteiger partial charge < -0.3 is 0 Å². The first-order valence-electron chi connectivity index (χ1n) is 8.73. The third kappa shape index (κ3) is 2.11. The summed E-state index contributed by atoms with van der Waals surface area (Å²) in [4.78, 5) is 19.5. The maximum absolute atomic E-state index is 14.8. The average molecular weight is 348 g/mol. The van der Waals surface area contributed by atoms with E-state index in [9.17, 15) is 9.18 Å². The zero-order valence-electron chi connectivity index (χ0n) is 15.4. The predicted molar refractivity (Wildman–Crippen MR) is 102 cm³/mol. The van der Waals surface area contributed by atoms with Crippen molar-refractivity contribution in [1.29, 1.82) is 0 Å².